The van der Waals surface area contributed by atoms with Crippen LogP contribution in [0.4, 0.5) is 11.4 Å². The molecule has 0 atom stereocenters. The highest BCUT2D eigenvalue weighted by atomic mass is 15.2. The van der Waals surface area contributed by atoms with Crippen LogP contribution in [0.3, 0.4) is 0 Å². The third-order valence-corrected chi connectivity index (χ3v) is 5.42. The first kappa shape index (κ1) is 19.8. The van der Waals surface area contributed by atoms with Gasteiger partial charge in [0.1, 0.15) is 0 Å². The van der Waals surface area contributed by atoms with Gasteiger partial charge in [0.25, 0.3) is 0 Å². The van der Waals surface area contributed by atoms with Gasteiger partial charge < -0.3 is 20.0 Å². The summed E-state index contributed by atoms with van der Waals surface area (Å²) in [5, 5.41) is 3.74. The van der Waals surface area contributed by atoms with Crippen LogP contribution >= 0.6 is 0 Å². The lowest BCUT2D eigenvalue weighted by atomic mass is 10.0. The lowest BCUT2D eigenvalue weighted by molar-refractivity contribution is 0.182. The van der Waals surface area contributed by atoms with Crippen molar-refractivity contribution in [1.82, 2.24) is 20.1 Å². The van der Waals surface area contributed by atoms with E-state index in [1.165, 1.54) is 43.7 Å². The minimum Gasteiger partial charge on any atom is -0.345 e. The Morgan fingerprint density at radius 3 is 2.22 bits per heavy atom. The number of likely N-dealkylation sites (tertiary alicyclic amines) is 1. The Hall–Kier alpha value is -1.95. The summed E-state index contributed by atoms with van der Waals surface area (Å²) in [6.07, 6.45) is 6.15. The molecule has 0 bridgehead atoms. The molecule has 1 fully saturated rings. The van der Waals surface area contributed by atoms with Crippen molar-refractivity contribution in [2.75, 3.05) is 52.2 Å². The number of rotatable bonds is 8. The van der Waals surface area contributed by atoms with Crippen LogP contribution in [0, 0.1) is 0 Å². The number of pyridine rings is 1. The van der Waals surface area contributed by atoms with Crippen molar-refractivity contribution in [3.63, 3.8) is 0 Å². The Kier molecular flexibility index (Phi) is 7.21. The zero-order valence-electron chi connectivity index (χ0n) is 16.9. The van der Waals surface area contributed by atoms with E-state index in [-0.39, 0.29) is 0 Å². The molecule has 2 heterocycles. The lowest BCUT2D eigenvalue weighted by Crippen LogP contribution is -2.44. The molecular formula is C22H33N5. The Labute approximate surface area is 164 Å². The van der Waals surface area contributed by atoms with Crippen molar-refractivity contribution >= 4 is 11.4 Å². The first-order chi connectivity index (χ1) is 13.1. The molecule has 1 aromatic carbocycles. The van der Waals surface area contributed by atoms with Crippen molar-refractivity contribution in [1.29, 1.82) is 0 Å². The van der Waals surface area contributed by atoms with Gasteiger partial charge in [0.15, 0.2) is 0 Å². The number of nitrogens with zero attached hydrogens (tertiary/aromatic N) is 4. The van der Waals surface area contributed by atoms with Crippen LogP contribution in [0.25, 0.3) is 0 Å². The Morgan fingerprint density at radius 1 is 0.963 bits per heavy atom. The van der Waals surface area contributed by atoms with E-state index in [1.807, 2.05) is 24.5 Å². The Bertz CT molecular complexity index is 663. The zero-order valence-corrected chi connectivity index (χ0v) is 16.9. The van der Waals surface area contributed by atoms with E-state index in [0.717, 1.165) is 18.8 Å². The fraction of sp³-hybridized carbons (Fsp3) is 0.500. The van der Waals surface area contributed by atoms with Gasteiger partial charge in [-0.2, -0.15) is 0 Å². The van der Waals surface area contributed by atoms with Gasteiger partial charge in [-0.05, 0) is 69.9 Å². The van der Waals surface area contributed by atoms with Crippen LogP contribution in [0.15, 0.2) is 48.8 Å². The highest BCUT2D eigenvalue weighted by Gasteiger charge is 2.18. The third kappa shape index (κ3) is 6.03. The van der Waals surface area contributed by atoms with Crippen LogP contribution in [-0.2, 0) is 6.54 Å². The summed E-state index contributed by atoms with van der Waals surface area (Å²) in [5.41, 5.74) is 3.69. The van der Waals surface area contributed by atoms with Gasteiger partial charge in [-0.15, -0.1) is 0 Å². The van der Waals surface area contributed by atoms with Gasteiger partial charge in [-0.1, -0.05) is 12.1 Å². The van der Waals surface area contributed by atoms with Gasteiger partial charge in [0, 0.05) is 56.5 Å². The van der Waals surface area contributed by atoms with Crippen LogP contribution in [0.1, 0.15) is 18.4 Å². The van der Waals surface area contributed by atoms with Gasteiger partial charge in [0.05, 0.1) is 0 Å². The van der Waals surface area contributed by atoms with E-state index in [9.17, 15) is 0 Å². The first-order valence-corrected chi connectivity index (χ1v) is 9.95. The Morgan fingerprint density at radius 2 is 1.59 bits per heavy atom. The molecule has 5 nitrogen and oxygen atoms in total. The summed E-state index contributed by atoms with van der Waals surface area (Å²) in [4.78, 5) is 11.1. The molecule has 1 N–H and O–H groups in total. The molecule has 2 aromatic rings. The second-order valence-corrected chi connectivity index (χ2v) is 7.73. The zero-order chi connectivity index (χ0) is 19.1. The summed E-state index contributed by atoms with van der Waals surface area (Å²) in [6.45, 7) is 5.70. The third-order valence-electron chi connectivity index (χ3n) is 5.42. The standard InChI is InChI=1S/C22H33N5/c1-25(2)16-17-27-14-10-20(11-15-27)24-18-19-4-6-21(7-5-19)26(3)22-8-12-23-13-9-22/h4-9,12-13,20,24H,10-11,14-18H2,1-3H3. The molecule has 0 aliphatic carbocycles. The van der Waals surface area contributed by atoms with E-state index in [2.05, 4.69) is 70.4 Å². The summed E-state index contributed by atoms with van der Waals surface area (Å²) in [6, 6.07) is 13.5. The minimum absolute atomic E-state index is 0.639. The molecule has 27 heavy (non-hydrogen) atoms. The van der Waals surface area contributed by atoms with Gasteiger partial charge >= 0.3 is 0 Å². The number of anilines is 2. The van der Waals surface area contributed by atoms with E-state index in [4.69, 9.17) is 0 Å². The van der Waals surface area contributed by atoms with Crippen LogP contribution in [0.5, 0.6) is 0 Å². The molecule has 1 aromatic heterocycles. The monoisotopic (exact) mass is 367 g/mol. The van der Waals surface area contributed by atoms with E-state index in [1.54, 1.807) is 0 Å². The number of likely N-dealkylation sites (N-methyl/N-ethyl adjacent to an activating group) is 1. The molecule has 0 spiro atoms. The molecular weight excluding hydrogens is 334 g/mol. The maximum atomic E-state index is 4.09. The van der Waals surface area contributed by atoms with Crippen LogP contribution in [-0.4, -0.2) is 68.1 Å². The molecule has 0 amide bonds. The van der Waals surface area contributed by atoms with Gasteiger partial charge in [-0.3, -0.25) is 4.98 Å². The second-order valence-electron chi connectivity index (χ2n) is 7.73. The van der Waals surface area contributed by atoms with Gasteiger partial charge in [0.2, 0.25) is 0 Å². The fourth-order valence-electron chi connectivity index (χ4n) is 3.52. The maximum Gasteiger partial charge on any atom is 0.0438 e. The van der Waals surface area contributed by atoms with E-state index >= 15 is 0 Å². The summed E-state index contributed by atoms with van der Waals surface area (Å²) in [5.74, 6) is 0. The highest BCUT2D eigenvalue weighted by molar-refractivity contribution is 5.61. The number of piperidine rings is 1. The van der Waals surface area contributed by atoms with Gasteiger partial charge in [-0.25, -0.2) is 0 Å². The molecule has 0 unspecified atom stereocenters. The summed E-state index contributed by atoms with van der Waals surface area (Å²) >= 11 is 0. The smallest absolute Gasteiger partial charge is 0.0438 e. The molecule has 1 aliphatic rings. The number of hydrogen-bond donors (Lipinski definition) is 1. The fourth-order valence-corrected chi connectivity index (χ4v) is 3.52. The average Bonchev–Trinajstić information content (AvgIpc) is 2.72. The lowest BCUT2D eigenvalue weighted by Gasteiger charge is -2.33. The minimum atomic E-state index is 0.639. The van der Waals surface area contributed by atoms with Crippen molar-refractivity contribution in [3.8, 4) is 0 Å². The van der Waals surface area contributed by atoms with E-state index in [0.29, 0.717) is 6.04 Å². The molecule has 1 saturated heterocycles. The molecule has 146 valence electrons. The molecule has 5 heteroatoms. The summed E-state index contributed by atoms with van der Waals surface area (Å²) < 4.78 is 0. The largest absolute Gasteiger partial charge is 0.345 e. The number of aromatic nitrogens is 1. The predicted molar refractivity (Wildman–Crippen MR) is 114 cm³/mol. The summed E-state index contributed by atoms with van der Waals surface area (Å²) in [7, 11) is 6.38. The number of hydrogen-bond acceptors (Lipinski definition) is 5. The molecule has 0 saturated carbocycles. The van der Waals surface area contributed by atoms with Crippen molar-refractivity contribution < 1.29 is 0 Å². The second kappa shape index (κ2) is 9.83. The quantitative estimate of drug-likeness (QED) is 0.776. The topological polar surface area (TPSA) is 34.6 Å². The Balaban J connectivity index is 1.43. The number of nitrogens with one attached hydrogen (secondary N) is 1. The highest BCUT2D eigenvalue weighted by Crippen LogP contribution is 2.23. The normalized spacial score (nSPS) is 16.0. The predicted octanol–water partition coefficient (Wildman–Crippen LogP) is 2.97. The van der Waals surface area contributed by atoms with Crippen LogP contribution in [0.2, 0.25) is 0 Å². The first-order valence-electron chi connectivity index (χ1n) is 9.95. The molecule has 0 radical (unpaired) electrons. The van der Waals surface area contributed by atoms with Crippen molar-refractivity contribution in [2.24, 2.45) is 0 Å². The molecule has 1 aliphatic heterocycles. The maximum absolute atomic E-state index is 4.09. The van der Waals surface area contributed by atoms with E-state index < -0.39 is 0 Å². The average molecular weight is 368 g/mol. The van der Waals surface area contributed by atoms with Crippen molar-refractivity contribution in [3.05, 3.63) is 54.4 Å². The number of benzene rings is 1. The van der Waals surface area contributed by atoms with Crippen molar-refractivity contribution in [2.45, 2.75) is 25.4 Å². The molecule has 3 rings (SSSR count). The van der Waals surface area contributed by atoms with Crippen LogP contribution < -0.4 is 10.2 Å². The SMILES string of the molecule is CN(C)CCN1CCC(NCc2ccc(N(C)c3ccncc3)cc2)CC1.